The van der Waals surface area contributed by atoms with E-state index >= 15 is 0 Å². The third-order valence-corrected chi connectivity index (χ3v) is 5.30. The van der Waals surface area contributed by atoms with Crippen molar-refractivity contribution < 1.29 is 13.6 Å². The molecule has 0 aliphatic rings. The van der Waals surface area contributed by atoms with Crippen LogP contribution < -0.4 is 0 Å². The molecule has 7 heteroatoms. The minimum absolute atomic E-state index is 0.00659. The number of benzene rings is 2. The fourth-order valence-electron chi connectivity index (χ4n) is 2.80. The lowest BCUT2D eigenvalue weighted by atomic mass is 10.0. The van der Waals surface area contributed by atoms with Crippen LogP contribution in [0, 0.1) is 5.82 Å². The second-order valence-corrected chi connectivity index (χ2v) is 9.01. The summed E-state index contributed by atoms with van der Waals surface area (Å²) in [6, 6.07) is 15.7. The van der Waals surface area contributed by atoms with Crippen LogP contribution in [-0.4, -0.2) is 31.8 Å². The predicted molar refractivity (Wildman–Crippen MR) is 112 cm³/mol. The average molecular weight is 414 g/mol. The third-order valence-electron chi connectivity index (χ3n) is 4.38. The highest BCUT2D eigenvalue weighted by Crippen LogP contribution is 2.29. The maximum Gasteiger partial charge on any atom is 0.277 e. The normalized spacial score (nSPS) is 12.6. The van der Waals surface area contributed by atoms with Gasteiger partial charge in [-0.15, -0.1) is 10.2 Å². The summed E-state index contributed by atoms with van der Waals surface area (Å²) in [6.45, 7) is 8.41. The molecule has 0 fully saturated rings. The lowest BCUT2D eigenvalue weighted by molar-refractivity contribution is -0.135. The Hall–Kier alpha value is -2.67. The molecule has 0 spiro atoms. The number of aromatic nitrogens is 2. The van der Waals surface area contributed by atoms with E-state index in [2.05, 4.69) is 10.2 Å². The molecule has 152 valence electrons. The van der Waals surface area contributed by atoms with Crippen LogP contribution in [0.4, 0.5) is 4.39 Å². The van der Waals surface area contributed by atoms with Crippen molar-refractivity contribution in [3.05, 3.63) is 66.0 Å². The largest absolute Gasteiger partial charge is 0.411 e. The van der Waals surface area contributed by atoms with E-state index in [-0.39, 0.29) is 17.3 Å². The van der Waals surface area contributed by atoms with Gasteiger partial charge in [0, 0.05) is 17.6 Å². The van der Waals surface area contributed by atoms with Crippen molar-refractivity contribution in [1.82, 2.24) is 15.1 Å². The first-order valence-corrected chi connectivity index (χ1v) is 10.2. The summed E-state index contributed by atoms with van der Waals surface area (Å²) in [6.07, 6.45) is 0. The molecule has 1 heterocycles. The zero-order chi connectivity index (χ0) is 21.0. The van der Waals surface area contributed by atoms with Crippen molar-refractivity contribution in [3.8, 4) is 11.5 Å². The van der Waals surface area contributed by atoms with Crippen molar-refractivity contribution in [1.29, 1.82) is 0 Å². The smallest absolute Gasteiger partial charge is 0.277 e. The van der Waals surface area contributed by atoms with Crippen LogP contribution in [0.2, 0.25) is 0 Å². The monoisotopic (exact) mass is 413 g/mol. The number of rotatable bonds is 6. The lowest BCUT2D eigenvalue weighted by Gasteiger charge is -2.37. The molecule has 29 heavy (non-hydrogen) atoms. The molecular weight excluding hydrogens is 389 g/mol. The average Bonchev–Trinajstić information content (AvgIpc) is 3.14. The summed E-state index contributed by atoms with van der Waals surface area (Å²) in [5.41, 5.74) is 1.37. The fraction of sp³-hybridized carbons (Fsp3) is 0.318. The SMILES string of the molecule is C[C@@H](Sc1nnc(-c2ccc(F)cc2)o1)C(=O)N(Cc1ccccc1)C(C)(C)C. The highest BCUT2D eigenvalue weighted by atomic mass is 32.2. The van der Waals surface area contributed by atoms with E-state index in [4.69, 9.17) is 4.42 Å². The van der Waals surface area contributed by atoms with Crippen molar-refractivity contribution >= 4 is 17.7 Å². The number of hydrogen-bond acceptors (Lipinski definition) is 5. The summed E-state index contributed by atoms with van der Waals surface area (Å²) in [5.74, 6) is -0.0419. The zero-order valence-corrected chi connectivity index (χ0v) is 17.7. The first-order chi connectivity index (χ1) is 13.7. The number of halogens is 1. The molecule has 3 aromatic rings. The van der Waals surface area contributed by atoms with E-state index in [1.54, 1.807) is 12.1 Å². The number of carbonyl (C=O) groups is 1. The van der Waals surface area contributed by atoms with Gasteiger partial charge in [0.25, 0.3) is 5.22 Å². The number of carbonyl (C=O) groups excluding carboxylic acids is 1. The highest BCUT2D eigenvalue weighted by Gasteiger charge is 2.31. The topological polar surface area (TPSA) is 59.2 Å². The second kappa shape index (κ2) is 8.78. The van der Waals surface area contributed by atoms with Crippen LogP contribution in [0.3, 0.4) is 0 Å². The summed E-state index contributed by atoms with van der Waals surface area (Å²) in [7, 11) is 0. The Morgan fingerprint density at radius 3 is 2.38 bits per heavy atom. The molecule has 1 atom stereocenters. The van der Waals surface area contributed by atoms with E-state index in [0.29, 0.717) is 23.2 Å². The molecule has 3 rings (SSSR count). The molecule has 0 bridgehead atoms. The summed E-state index contributed by atoms with van der Waals surface area (Å²) >= 11 is 1.22. The molecule has 1 aromatic heterocycles. The van der Waals surface area contributed by atoms with Gasteiger partial charge in [0.05, 0.1) is 5.25 Å². The van der Waals surface area contributed by atoms with Crippen LogP contribution >= 0.6 is 11.8 Å². The summed E-state index contributed by atoms with van der Waals surface area (Å²) in [4.78, 5) is 15.0. The summed E-state index contributed by atoms with van der Waals surface area (Å²) < 4.78 is 18.7. The Kier molecular flexibility index (Phi) is 6.37. The lowest BCUT2D eigenvalue weighted by Crippen LogP contribution is -2.48. The molecule has 1 amide bonds. The standard InChI is InChI=1S/C22H24FN3O2S/c1-15(20(27)26(22(2,3)4)14-16-8-6-5-7-9-16)29-21-25-24-19(28-21)17-10-12-18(23)13-11-17/h5-13,15H,14H2,1-4H3/t15-/m1/s1. The fourth-order valence-corrected chi connectivity index (χ4v) is 3.54. The number of nitrogens with zero attached hydrogens (tertiary/aromatic N) is 3. The first kappa shape index (κ1) is 21.0. The van der Waals surface area contributed by atoms with Crippen LogP contribution in [0.1, 0.15) is 33.3 Å². The van der Waals surface area contributed by atoms with Gasteiger partial charge in [-0.3, -0.25) is 4.79 Å². The molecular formula is C22H24FN3O2S. The Morgan fingerprint density at radius 1 is 1.10 bits per heavy atom. The third kappa shape index (κ3) is 5.44. The van der Waals surface area contributed by atoms with Gasteiger partial charge in [-0.2, -0.15) is 0 Å². The number of amides is 1. The van der Waals surface area contributed by atoms with Gasteiger partial charge in [0.15, 0.2) is 0 Å². The second-order valence-electron chi connectivity index (χ2n) is 7.72. The maximum atomic E-state index is 13.2. The van der Waals surface area contributed by atoms with Crippen LogP contribution in [-0.2, 0) is 11.3 Å². The van der Waals surface area contributed by atoms with Gasteiger partial charge in [-0.05, 0) is 57.5 Å². The highest BCUT2D eigenvalue weighted by molar-refractivity contribution is 8.00. The number of hydrogen-bond donors (Lipinski definition) is 0. The maximum absolute atomic E-state index is 13.2. The molecule has 0 aliphatic heterocycles. The molecule has 5 nitrogen and oxygen atoms in total. The molecule has 0 N–H and O–H groups in total. The zero-order valence-electron chi connectivity index (χ0n) is 16.9. The minimum Gasteiger partial charge on any atom is -0.411 e. The molecule has 0 radical (unpaired) electrons. The minimum atomic E-state index is -0.403. The van der Waals surface area contributed by atoms with E-state index < -0.39 is 5.25 Å². The van der Waals surface area contributed by atoms with E-state index in [1.807, 2.05) is 62.9 Å². The molecule has 0 aliphatic carbocycles. The van der Waals surface area contributed by atoms with Crippen LogP contribution in [0.15, 0.2) is 64.2 Å². The van der Waals surface area contributed by atoms with Crippen molar-refractivity contribution in [2.45, 2.75) is 50.3 Å². The van der Waals surface area contributed by atoms with Crippen LogP contribution in [0.5, 0.6) is 0 Å². The van der Waals surface area contributed by atoms with Crippen molar-refractivity contribution in [2.24, 2.45) is 0 Å². The van der Waals surface area contributed by atoms with Gasteiger partial charge in [-0.1, -0.05) is 42.1 Å². The van der Waals surface area contributed by atoms with E-state index in [9.17, 15) is 9.18 Å². The van der Waals surface area contributed by atoms with Gasteiger partial charge in [0.1, 0.15) is 5.82 Å². The van der Waals surface area contributed by atoms with E-state index in [0.717, 1.165) is 5.56 Å². The Morgan fingerprint density at radius 2 is 1.76 bits per heavy atom. The van der Waals surface area contributed by atoms with Crippen molar-refractivity contribution in [3.63, 3.8) is 0 Å². The molecule has 0 unspecified atom stereocenters. The van der Waals surface area contributed by atoms with Gasteiger partial charge < -0.3 is 9.32 Å². The molecule has 2 aromatic carbocycles. The quantitative estimate of drug-likeness (QED) is 0.521. The van der Waals surface area contributed by atoms with Gasteiger partial charge in [-0.25, -0.2) is 4.39 Å². The predicted octanol–water partition coefficient (Wildman–Crippen LogP) is 5.18. The Balaban J connectivity index is 1.72. The van der Waals surface area contributed by atoms with E-state index in [1.165, 1.54) is 23.9 Å². The Bertz CT molecular complexity index is 952. The Labute approximate surface area is 174 Å². The molecule has 0 saturated heterocycles. The van der Waals surface area contributed by atoms with Crippen LogP contribution in [0.25, 0.3) is 11.5 Å². The van der Waals surface area contributed by atoms with Gasteiger partial charge in [0.2, 0.25) is 11.8 Å². The number of thioether (sulfide) groups is 1. The van der Waals surface area contributed by atoms with Gasteiger partial charge >= 0.3 is 0 Å². The summed E-state index contributed by atoms with van der Waals surface area (Å²) in [5, 5.41) is 7.93. The van der Waals surface area contributed by atoms with Crippen molar-refractivity contribution in [2.75, 3.05) is 0 Å². The first-order valence-electron chi connectivity index (χ1n) is 9.35. The molecule has 0 saturated carbocycles.